The Bertz CT molecular complexity index is 426. The van der Waals surface area contributed by atoms with Gasteiger partial charge in [0.15, 0.2) is 0 Å². The minimum atomic E-state index is -3.35. The number of nitrogens with zero attached hydrogens (tertiary/aromatic N) is 1. The predicted molar refractivity (Wildman–Crippen MR) is 70.7 cm³/mol. The van der Waals surface area contributed by atoms with Crippen molar-refractivity contribution < 1.29 is 8.42 Å². The molecule has 1 aromatic heterocycles. The molecule has 16 heavy (non-hydrogen) atoms. The zero-order valence-electron chi connectivity index (χ0n) is 9.23. The summed E-state index contributed by atoms with van der Waals surface area (Å²) in [6.07, 6.45) is 0. The topological polar surface area (TPSA) is 49.4 Å². The first-order chi connectivity index (χ1) is 7.51. The Kier molecular flexibility index (Phi) is 5.39. The highest BCUT2D eigenvalue weighted by molar-refractivity contribution is 9.10. The highest BCUT2D eigenvalue weighted by atomic mass is 79.9. The van der Waals surface area contributed by atoms with Gasteiger partial charge in [-0.25, -0.2) is 0 Å². The molecule has 0 amide bonds. The maximum absolute atomic E-state index is 11.8. The van der Waals surface area contributed by atoms with E-state index in [1.54, 1.807) is 0 Å². The highest BCUT2D eigenvalue weighted by Crippen LogP contribution is 2.22. The van der Waals surface area contributed by atoms with Crippen LogP contribution in [-0.2, 0) is 16.8 Å². The molecule has 0 spiro atoms. The van der Waals surface area contributed by atoms with E-state index >= 15 is 0 Å². The second-order valence-corrected chi connectivity index (χ2v) is 6.71. The summed E-state index contributed by atoms with van der Waals surface area (Å²) < 4.78 is 28.5. The maximum atomic E-state index is 11.8. The van der Waals surface area contributed by atoms with Gasteiger partial charge in [0.2, 0.25) is 0 Å². The van der Waals surface area contributed by atoms with Crippen LogP contribution in [0, 0.1) is 0 Å². The molecule has 0 aliphatic heterocycles. The average molecular weight is 327 g/mol. The van der Waals surface area contributed by atoms with Crippen molar-refractivity contribution in [2.75, 3.05) is 13.1 Å². The third-order valence-electron chi connectivity index (χ3n) is 2.15. The number of nitrogens with one attached hydrogen (secondary N) is 1. The van der Waals surface area contributed by atoms with Gasteiger partial charge < -0.3 is 0 Å². The zero-order chi connectivity index (χ0) is 12.2. The molecule has 0 saturated heterocycles. The van der Waals surface area contributed by atoms with Crippen molar-refractivity contribution in [3.05, 3.63) is 20.8 Å². The number of halogens is 1. The van der Waals surface area contributed by atoms with E-state index in [9.17, 15) is 8.42 Å². The molecule has 1 rings (SSSR count). The first-order valence-corrected chi connectivity index (χ1v) is 8.09. The fraction of sp³-hybridized carbons (Fsp3) is 0.556. The van der Waals surface area contributed by atoms with Crippen LogP contribution in [0.1, 0.15) is 18.7 Å². The third kappa shape index (κ3) is 3.53. The van der Waals surface area contributed by atoms with Crippen molar-refractivity contribution in [3.63, 3.8) is 0 Å². The van der Waals surface area contributed by atoms with E-state index in [4.69, 9.17) is 0 Å². The summed E-state index contributed by atoms with van der Waals surface area (Å²) in [6.45, 7) is 4.94. The second kappa shape index (κ2) is 6.11. The van der Waals surface area contributed by atoms with Gasteiger partial charge >= 0.3 is 0 Å². The van der Waals surface area contributed by atoms with Crippen molar-refractivity contribution in [3.8, 4) is 0 Å². The van der Waals surface area contributed by atoms with Crippen molar-refractivity contribution in [1.29, 1.82) is 0 Å². The Morgan fingerprint density at radius 2 is 2.06 bits per heavy atom. The summed E-state index contributed by atoms with van der Waals surface area (Å²) >= 11 is 4.89. The van der Waals surface area contributed by atoms with Gasteiger partial charge in [0.1, 0.15) is 0 Å². The van der Waals surface area contributed by atoms with Crippen LogP contribution in [0.2, 0.25) is 0 Å². The first-order valence-electron chi connectivity index (χ1n) is 4.97. The molecule has 0 unspecified atom stereocenters. The molecule has 1 heterocycles. The normalized spacial score (nSPS) is 12.2. The number of hydrogen-bond donors (Lipinski definition) is 1. The Morgan fingerprint density at radius 3 is 2.50 bits per heavy atom. The van der Waals surface area contributed by atoms with Gasteiger partial charge in [-0.3, -0.25) is 0 Å². The molecule has 1 N–H and O–H groups in total. The SMILES string of the molecule is CCN(CC)S(=O)(=O)NCc1sccc1Br. The van der Waals surface area contributed by atoms with E-state index in [2.05, 4.69) is 20.7 Å². The molecule has 0 atom stereocenters. The van der Waals surface area contributed by atoms with Gasteiger partial charge in [0.25, 0.3) is 10.2 Å². The fourth-order valence-electron chi connectivity index (χ4n) is 1.26. The number of rotatable bonds is 6. The molecule has 0 bridgehead atoms. The van der Waals surface area contributed by atoms with Crippen molar-refractivity contribution in [1.82, 2.24) is 9.03 Å². The summed E-state index contributed by atoms with van der Waals surface area (Å²) in [7, 11) is -3.35. The smallest absolute Gasteiger partial charge is 0.197 e. The van der Waals surface area contributed by atoms with Crippen molar-refractivity contribution in [2.45, 2.75) is 20.4 Å². The lowest BCUT2D eigenvalue weighted by Gasteiger charge is -2.18. The predicted octanol–water partition coefficient (Wildman–Crippen LogP) is 2.19. The quantitative estimate of drug-likeness (QED) is 0.871. The van der Waals surface area contributed by atoms with Crippen LogP contribution in [0.3, 0.4) is 0 Å². The van der Waals surface area contributed by atoms with E-state index in [1.807, 2.05) is 25.3 Å². The standard InChI is InChI=1S/C9H15BrN2O2S2/c1-3-12(4-2)16(13,14)11-7-9-8(10)5-6-15-9/h5-6,11H,3-4,7H2,1-2H3. The maximum Gasteiger partial charge on any atom is 0.279 e. The Morgan fingerprint density at radius 1 is 1.44 bits per heavy atom. The number of thiophene rings is 1. The minimum absolute atomic E-state index is 0.330. The van der Waals surface area contributed by atoms with Gasteiger partial charge in [-0.1, -0.05) is 13.8 Å². The molecular weight excluding hydrogens is 312 g/mol. The molecule has 0 saturated carbocycles. The van der Waals surface area contributed by atoms with Crippen molar-refractivity contribution in [2.24, 2.45) is 0 Å². The molecule has 4 nitrogen and oxygen atoms in total. The van der Waals surface area contributed by atoms with E-state index in [-0.39, 0.29) is 0 Å². The lowest BCUT2D eigenvalue weighted by molar-refractivity contribution is 0.435. The molecule has 0 fully saturated rings. The van der Waals surface area contributed by atoms with Crippen LogP contribution < -0.4 is 4.72 Å². The summed E-state index contributed by atoms with van der Waals surface area (Å²) in [5.74, 6) is 0. The Balaban J connectivity index is 2.64. The molecule has 0 aromatic carbocycles. The number of hydrogen-bond acceptors (Lipinski definition) is 3. The van der Waals surface area contributed by atoms with Crippen LogP contribution in [0.15, 0.2) is 15.9 Å². The molecule has 1 aromatic rings. The zero-order valence-corrected chi connectivity index (χ0v) is 12.5. The second-order valence-electron chi connectivity index (χ2n) is 3.10. The molecule has 0 aliphatic carbocycles. The van der Waals surface area contributed by atoms with Crippen LogP contribution in [0.5, 0.6) is 0 Å². The molecule has 7 heteroatoms. The molecule has 0 radical (unpaired) electrons. The molecule has 0 aliphatic rings. The van der Waals surface area contributed by atoms with Crippen molar-refractivity contribution >= 4 is 37.5 Å². The van der Waals surface area contributed by atoms with Crippen LogP contribution >= 0.6 is 27.3 Å². The first kappa shape index (κ1) is 14.1. The van der Waals surface area contributed by atoms with Crippen LogP contribution in [0.25, 0.3) is 0 Å². The van der Waals surface area contributed by atoms with E-state index < -0.39 is 10.2 Å². The Labute approximate surface area is 109 Å². The van der Waals surface area contributed by atoms with E-state index in [0.717, 1.165) is 9.35 Å². The van der Waals surface area contributed by atoms with Gasteiger partial charge in [-0.05, 0) is 27.4 Å². The largest absolute Gasteiger partial charge is 0.279 e. The van der Waals surface area contributed by atoms with Crippen LogP contribution in [0.4, 0.5) is 0 Å². The third-order valence-corrected chi connectivity index (χ3v) is 5.78. The lowest BCUT2D eigenvalue weighted by Crippen LogP contribution is -2.40. The minimum Gasteiger partial charge on any atom is -0.197 e. The molecular formula is C9H15BrN2O2S2. The van der Waals surface area contributed by atoms with Gasteiger partial charge in [-0.2, -0.15) is 17.4 Å². The molecule has 92 valence electrons. The van der Waals surface area contributed by atoms with Gasteiger partial charge in [-0.15, -0.1) is 11.3 Å². The van der Waals surface area contributed by atoms with Gasteiger partial charge in [0, 0.05) is 29.0 Å². The van der Waals surface area contributed by atoms with E-state index in [0.29, 0.717) is 19.6 Å². The van der Waals surface area contributed by atoms with E-state index in [1.165, 1.54) is 15.6 Å². The summed E-state index contributed by atoms with van der Waals surface area (Å²) in [4.78, 5) is 0.982. The summed E-state index contributed by atoms with van der Waals surface area (Å²) in [5.41, 5.74) is 0. The highest BCUT2D eigenvalue weighted by Gasteiger charge is 2.18. The fourth-order valence-corrected chi connectivity index (χ4v) is 3.98. The monoisotopic (exact) mass is 326 g/mol. The van der Waals surface area contributed by atoms with Gasteiger partial charge in [0.05, 0.1) is 0 Å². The lowest BCUT2D eigenvalue weighted by atomic mass is 10.5. The summed E-state index contributed by atoms with van der Waals surface area (Å²) in [5, 5.41) is 1.92. The average Bonchev–Trinajstić information content (AvgIpc) is 2.62. The Hall–Kier alpha value is 0.0500. The summed E-state index contributed by atoms with van der Waals surface area (Å²) in [6, 6.07) is 1.91. The van der Waals surface area contributed by atoms with Crippen LogP contribution in [-0.4, -0.2) is 25.8 Å².